The summed E-state index contributed by atoms with van der Waals surface area (Å²) in [5, 5.41) is 7.57. The number of aryl methyl sites for hydroxylation is 1. The van der Waals surface area contributed by atoms with Crippen molar-refractivity contribution in [2.24, 2.45) is 11.7 Å². The summed E-state index contributed by atoms with van der Waals surface area (Å²) in [5.74, 6) is 1.82. The Kier molecular flexibility index (Phi) is 4.02. The molecule has 5 nitrogen and oxygen atoms in total. The molecule has 2 heterocycles. The van der Waals surface area contributed by atoms with Crippen LogP contribution in [0.5, 0.6) is 0 Å². The van der Waals surface area contributed by atoms with E-state index < -0.39 is 0 Å². The molecule has 3 rings (SSSR count). The van der Waals surface area contributed by atoms with Crippen LogP contribution in [0.1, 0.15) is 62.6 Å². The summed E-state index contributed by atoms with van der Waals surface area (Å²) in [6, 6.07) is 0.349. The molecule has 1 fully saturated rings. The van der Waals surface area contributed by atoms with Crippen LogP contribution in [0.4, 0.5) is 5.82 Å². The number of anilines is 1. The highest BCUT2D eigenvalue weighted by molar-refractivity contribution is 5.93. The molecule has 0 spiro atoms. The lowest BCUT2D eigenvalue weighted by molar-refractivity contribution is -0.117. The van der Waals surface area contributed by atoms with E-state index in [1.54, 1.807) is 0 Å². The van der Waals surface area contributed by atoms with Gasteiger partial charge in [-0.1, -0.05) is 6.92 Å². The molecule has 0 bridgehead atoms. The molecule has 1 amide bonds. The van der Waals surface area contributed by atoms with Gasteiger partial charge in [-0.3, -0.25) is 9.48 Å². The minimum absolute atomic E-state index is 0.114. The molecule has 3 N–H and O–H groups in total. The molecule has 1 saturated carbocycles. The predicted molar refractivity (Wildman–Crippen MR) is 83.2 cm³/mol. The van der Waals surface area contributed by atoms with E-state index in [4.69, 9.17) is 5.73 Å². The number of nitrogens with one attached hydrogen (secondary N) is 1. The lowest BCUT2D eigenvalue weighted by Crippen LogP contribution is -2.32. The highest BCUT2D eigenvalue weighted by atomic mass is 16.1. The fraction of sp³-hybridized carbons (Fsp3) is 0.750. The third-order valence-electron chi connectivity index (χ3n) is 5.11. The maximum absolute atomic E-state index is 12.0. The summed E-state index contributed by atoms with van der Waals surface area (Å²) >= 11 is 0. The van der Waals surface area contributed by atoms with Crippen molar-refractivity contribution in [1.29, 1.82) is 0 Å². The number of nitrogens with zero attached hydrogens (tertiary/aromatic N) is 2. The van der Waals surface area contributed by atoms with Crippen molar-refractivity contribution in [3.63, 3.8) is 0 Å². The summed E-state index contributed by atoms with van der Waals surface area (Å²) in [6.07, 6.45) is 6.10. The van der Waals surface area contributed by atoms with Crippen molar-refractivity contribution < 1.29 is 4.79 Å². The van der Waals surface area contributed by atoms with Crippen molar-refractivity contribution >= 4 is 11.7 Å². The Morgan fingerprint density at radius 3 is 2.71 bits per heavy atom. The van der Waals surface area contributed by atoms with Gasteiger partial charge in [0.2, 0.25) is 5.91 Å². The second-order valence-electron chi connectivity index (χ2n) is 6.60. The number of amides is 1. The van der Waals surface area contributed by atoms with Crippen molar-refractivity contribution in [3.05, 3.63) is 11.3 Å². The van der Waals surface area contributed by atoms with Crippen LogP contribution in [-0.4, -0.2) is 21.7 Å². The van der Waals surface area contributed by atoms with Gasteiger partial charge in [0.25, 0.3) is 0 Å². The highest BCUT2D eigenvalue weighted by Gasteiger charge is 2.36. The Balaban J connectivity index is 1.91. The van der Waals surface area contributed by atoms with Crippen molar-refractivity contribution in [1.82, 2.24) is 9.78 Å². The van der Waals surface area contributed by atoms with E-state index in [2.05, 4.69) is 28.9 Å². The third-order valence-corrected chi connectivity index (χ3v) is 5.11. The van der Waals surface area contributed by atoms with Crippen LogP contribution >= 0.6 is 0 Å². The van der Waals surface area contributed by atoms with Crippen molar-refractivity contribution in [2.45, 2.75) is 70.9 Å². The minimum atomic E-state index is 0.114. The molecule has 1 aliphatic carbocycles. The molecule has 0 aromatic carbocycles. The Hall–Kier alpha value is -1.36. The Morgan fingerprint density at radius 1 is 1.33 bits per heavy atom. The van der Waals surface area contributed by atoms with Crippen LogP contribution in [0.15, 0.2) is 0 Å². The summed E-state index contributed by atoms with van der Waals surface area (Å²) in [6.45, 7) is 5.20. The first kappa shape index (κ1) is 14.6. The molecule has 1 aromatic rings. The number of aromatic nitrogens is 2. The van der Waals surface area contributed by atoms with Crippen LogP contribution in [0.2, 0.25) is 0 Å². The minimum Gasteiger partial charge on any atom is -0.328 e. The zero-order valence-corrected chi connectivity index (χ0v) is 13.1. The van der Waals surface area contributed by atoms with Crippen molar-refractivity contribution in [3.8, 4) is 0 Å². The van der Waals surface area contributed by atoms with Gasteiger partial charge in [-0.25, -0.2) is 0 Å². The monoisotopic (exact) mass is 290 g/mol. The second kappa shape index (κ2) is 5.79. The van der Waals surface area contributed by atoms with E-state index >= 15 is 0 Å². The summed E-state index contributed by atoms with van der Waals surface area (Å²) < 4.78 is 2.05. The fourth-order valence-electron chi connectivity index (χ4n) is 3.96. The Morgan fingerprint density at radius 2 is 2.05 bits per heavy atom. The number of rotatable bonds is 3. The molecule has 1 atom stereocenters. The lowest BCUT2D eigenvalue weighted by Gasteiger charge is -2.34. The van der Waals surface area contributed by atoms with Crippen LogP contribution in [0, 0.1) is 12.8 Å². The Bertz CT molecular complexity index is 529. The van der Waals surface area contributed by atoms with Crippen LogP contribution in [0.3, 0.4) is 0 Å². The quantitative estimate of drug-likeness (QED) is 0.898. The number of fused-ring (bicyclic) bond motifs is 1. The first-order valence-corrected chi connectivity index (χ1v) is 8.22. The van der Waals surface area contributed by atoms with E-state index in [0.29, 0.717) is 24.3 Å². The van der Waals surface area contributed by atoms with Gasteiger partial charge in [0.1, 0.15) is 0 Å². The normalized spacial score (nSPS) is 29.1. The first-order chi connectivity index (χ1) is 10.1. The zero-order chi connectivity index (χ0) is 15.0. The zero-order valence-electron chi connectivity index (χ0n) is 13.1. The van der Waals surface area contributed by atoms with Gasteiger partial charge in [-0.05, 0) is 44.9 Å². The number of hydrogen-bond donors (Lipinski definition) is 2. The number of nitrogens with two attached hydrogens (primary N) is 1. The average molecular weight is 290 g/mol. The lowest BCUT2D eigenvalue weighted by atomic mass is 9.73. The van der Waals surface area contributed by atoms with E-state index in [1.807, 2.05) is 0 Å². The molecular weight excluding hydrogens is 264 g/mol. The highest BCUT2D eigenvalue weighted by Crippen LogP contribution is 2.44. The van der Waals surface area contributed by atoms with Gasteiger partial charge < -0.3 is 11.1 Å². The Labute approximate surface area is 126 Å². The maximum Gasteiger partial charge on any atom is 0.226 e. The van der Waals surface area contributed by atoms with E-state index in [1.165, 1.54) is 11.3 Å². The molecule has 116 valence electrons. The summed E-state index contributed by atoms with van der Waals surface area (Å²) in [4.78, 5) is 12.0. The van der Waals surface area contributed by atoms with Gasteiger partial charge >= 0.3 is 0 Å². The fourth-order valence-corrected chi connectivity index (χ4v) is 3.96. The predicted octanol–water partition coefficient (Wildman–Crippen LogP) is 2.54. The van der Waals surface area contributed by atoms with E-state index in [-0.39, 0.29) is 5.91 Å². The molecule has 1 aliphatic heterocycles. The number of hydrogen-bond acceptors (Lipinski definition) is 3. The second-order valence-corrected chi connectivity index (χ2v) is 6.60. The van der Waals surface area contributed by atoms with Gasteiger partial charge in [0.15, 0.2) is 5.82 Å². The van der Waals surface area contributed by atoms with E-state index in [9.17, 15) is 4.79 Å². The maximum atomic E-state index is 12.0. The first-order valence-electron chi connectivity index (χ1n) is 8.22. The third kappa shape index (κ3) is 2.71. The smallest absolute Gasteiger partial charge is 0.226 e. The molecule has 21 heavy (non-hydrogen) atoms. The largest absolute Gasteiger partial charge is 0.328 e. The molecule has 0 unspecified atom stereocenters. The number of carbonyl (C=O) groups is 1. The summed E-state index contributed by atoms with van der Waals surface area (Å²) in [5.41, 5.74) is 8.54. The molecule has 0 radical (unpaired) electrons. The van der Waals surface area contributed by atoms with Crippen LogP contribution in [0.25, 0.3) is 0 Å². The van der Waals surface area contributed by atoms with Crippen LogP contribution < -0.4 is 11.1 Å². The molecule has 2 aliphatic rings. The van der Waals surface area contributed by atoms with Crippen LogP contribution in [-0.2, 0) is 11.3 Å². The van der Waals surface area contributed by atoms with Gasteiger partial charge in [-0.15, -0.1) is 0 Å². The standard InChI is InChI=1S/C16H26N4O/c1-3-8-20-10(2)15-13(9-14(21)18-16(15)19-20)11-4-6-12(17)7-5-11/h11-13H,3-9,17H2,1-2H3,(H,18,19,21)/t11?,12?,13-/m1/s1. The van der Waals surface area contributed by atoms with Gasteiger partial charge in [-0.2, -0.15) is 5.10 Å². The SMILES string of the molecule is CCCn1nc2c(c1C)[C@@H](C1CCC(N)CC1)CC(=O)N2. The molecule has 1 aromatic heterocycles. The van der Waals surface area contributed by atoms with Gasteiger partial charge in [0.05, 0.1) is 0 Å². The summed E-state index contributed by atoms with van der Waals surface area (Å²) in [7, 11) is 0. The molecule has 5 heteroatoms. The number of carbonyl (C=O) groups excluding carboxylic acids is 1. The molecule has 0 saturated heterocycles. The molecular formula is C16H26N4O. The van der Waals surface area contributed by atoms with Crippen molar-refractivity contribution in [2.75, 3.05) is 5.32 Å². The average Bonchev–Trinajstić information content (AvgIpc) is 2.76. The topological polar surface area (TPSA) is 72.9 Å². The van der Waals surface area contributed by atoms with Gasteiger partial charge in [0, 0.05) is 36.2 Å². The van der Waals surface area contributed by atoms with E-state index in [0.717, 1.165) is 44.5 Å².